The Morgan fingerprint density at radius 2 is 1.79 bits per heavy atom. The number of carbonyl (C=O) groups excluding carboxylic acids is 1. The van der Waals surface area contributed by atoms with Crippen LogP contribution in [0.1, 0.15) is 51.6 Å². The Labute approximate surface area is 216 Å². The van der Waals surface area contributed by atoms with Crippen LogP contribution in [0.25, 0.3) is 6.08 Å². The lowest BCUT2D eigenvalue weighted by molar-refractivity contribution is -0.253. The predicted octanol–water partition coefficient (Wildman–Crippen LogP) is 6.49. The Balaban J connectivity index is 1.63. The number of hydrogen-bond donors (Lipinski definition) is 2. The molecule has 0 aliphatic heterocycles. The van der Waals surface area contributed by atoms with Crippen LogP contribution in [0, 0.1) is 5.82 Å². The molecule has 0 unspecified atom stereocenters. The fourth-order valence-electron chi connectivity index (χ4n) is 4.41. The number of nitrogens with one attached hydrogen (secondary N) is 1. The summed E-state index contributed by atoms with van der Waals surface area (Å²) >= 11 is 0. The highest BCUT2D eigenvalue weighted by molar-refractivity contribution is 5.98. The molecule has 0 fully saturated rings. The Bertz CT molecular complexity index is 1290. The number of allylic oxidation sites excluding steroid dienone is 1. The Morgan fingerprint density at radius 1 is 1.05 bits per heavy atom. The van der Waals surface area contributed by atoms with E-state index in [1.807, 2.05) is 18.2 Å². The molecule has 38 heavy (non-hydrogen) atoms. The van der Waals surface area contributed by atoms with Gasteiger partial charge in [0.15, 0.2) is 0 Å². The van der Waals surface area contributed by atoms with Crippen molar-refractivity contribution in [2.24, 2.45) is 0 Å². The summed E-state index contributed by atoms with van der Waals surface area (Å²) in [4.78, 5) is 13.4. The van der Waals surface area contributed by atoms with Gasteiger partial charge in [0.05, 0.1) is 12.1 Å². The SMILES string of the molecule is O=C(N[C@H](Cc1cccc(OC(F)(F)C(F)F)c1)[C@@H](O)c1ccc(F)cc1)c1cccc2c1C=CCCC2. The van der Waals surface area contributed by atoms with Crippen molar-refractivity contribution in [3.63, 3.8) is 0 Å². The molecule has 3 aromatic rings. The van der Waals surface area contributed by atoms with Gasteiger partial charge in [0.2, 0.25) is 0 Å². The monoisotopic (exact) mass is 531 g/mol. The fourth-order valence-corrected chi connectivity index (χ4v) is 4.41. The number of hydrogen-bond acceptors (Lipinski definition) is 3. The van der Waals surface area contributed by atoms with Gasteiger partial charge >= 0.3 is 12.5 Å². The van der Waals surface area contributed by atoms with Crippen LogP contribution in [0.3, 0.4) is 0 Å². The summed E-state index contributed by atoms with van der Waals surface area (Å²) in [5, 5.41) is 14.0. The summed E-state index contributed by atoms with van der Waals surface area (Å²) in [5.74, 6) is -1.46. The predicted molar refractivity (Wildman–Crippen MR) is 133 cm³/mol. The molecule has 0 spiro atoms. The smallest absolute Gasteiger partial charge is 0.428 e. The van der Waals surface area contributed by atoms with E-state index in [2.05, 4.69) is 10.1 Å². The van der Waals surface area contributed by atoms with Crippen LogP contribution in [-0.4, -0.2) is 29.6 Å². The maximum atomic E-state index is 13.5. The second-order valence-corrected chi connectivity index (χ2v) is 9.07. The van der Waals surface area contributed by atoms with Crippen molar-refractivity contribution < 1.29 is 36.6 Å². The van der Waals surface area contributed by atoms with E-state index in [1.165, 1.54) is 36.4 Å². The number of amides is 1. The zero-order valence-electron chi connectivity index (χ0n) is 20.2. The molecule has 0 heterocycles. The number of carbonyl (C=O) groups is 1. The average molecular weight is 532 g/mol. The standard InChI is InChI=1S/C29H26F5NO3/c30-21-14-12-20(13-15-21)26(36)25(17-18-6-4-9-22(16-18)38-29(33,34)28(31)32)35-27(37)24-11-5-8-19-7-2-1-3-10-23(19)24/h3-6,8-16,25-26,28,36H,1-2,7,17H2,(H,35,37)/t25-,26+/m1/s1. The van der Waals surface area contributed by atoms with E-state index in [0.717, 1.165) is 42.5 Å². The zero-order chi connectivity index (χ0) is 27.3. The largest absolute Gasteiger partial charge is 0.461 e. The van der Waals surface area contributed by atoms with Gasteiger partial charge in [-0.15, -0.1) is 0 Å². The van der Waals surface area contributed by atoms with Crippen molar-refractivity contribution in [3.05, 3.63) is 106 Å². The topological polar surface area (TPSA) is 58.6 Å². The number of aliphatic hydroxyl groups excluding tert-OH is 1. The molecule has 200 valence electrons. The lowest BCUT2D eigenvalue weighted by Gasteiger charge is -2.26. The van der Waals surface area contributed by atoms with Gasteiger partial charge in [-0.1, -0.05) is 48.6 Å². The lowest BCUT2D eigenvalue weighted by Crippen LogP contribution is -2.41. The number of fused-ring (bicyclic) bond motifs is 1. The van der Waals surface area contributed by atoms with Gasteiger partial charge in [0.25, 0.3) is 5.91 Å². The minimum atomic E-state index is -4.68. The van der Waals surface area contributed by atoms with E-state index < -0.39 is 42.2 Å². The van der Waals surface area contributed by atoms with Gasteiger partial charge in [-0.3, -0.25) is 4.79 Å². The third-order valence-electron chi connectivity index (χ3n) is 6.31. The van der Waals surface area contributed by atoms with Crippen LogP contribution in [0.15, 0.2) is 72.8 Å². The van der Waals surface area contributed by atoms with Crippen molar-refractivity contribution in [2.75, 3.05) is 0 Å². The van der Waals surface area contributed by atoms with Gasteiger partial charge < -0.3 is 15.2 Å². The Kier molecular flexibility index (Phi) is 8.46. The highest BCUT2D eigenvalue weighted by Gasteiger charge is 2.44. The quantitative estimate of drug-likeness (QED) is 0.311. The third kappa shape index (κ3) is 6.58. The van der Waals surface area contributed by atoms with E-state index in [4.69, 9.17) is 0 Å². The number of aryl methyl sites for hydroxylation is 1. The van der Waals surface area contributed by atoms with Gasteiger partial charge in [-0.05, 0) is 78.3 Å². The molecule has 0 radical (unpaired) electrons. The highest BCUT2D eigenvalue weighted by Crippen LogP contribution is 2.29. The molecule has 4 nitrogen and oxygen atoms in total. The molecular weight excluding hydrogens is 505 g/mol. The van der Waals surface area contributed by atoms with Crippen LogP contribution < -0.4 is 10.1 Å². The molecule has 0 saturated heterocycles. The average Bonchev–Trinajstić information content (AvgIpc) is 3.14. The molecule has 0 bridgehead atoms. The van der Waals surface area contributed by atoms with E-state index >= 15 is 0 Å². The molecule has 0 saturated carbocycles. The summed E-state index contributed by atoms with van der Waals surface area (Å²) in [5.41, 5.74) is 2.87. The molecule has 1 amide bonds. The van der Waals surface area contributed by atoms with E-state index in [-0.39, 0.29) is 6.42 Å². The summed E-state index contributed by atoms with van der Waals surface area (Å²) in [7, 11) is 0. The Morgan fingerprint density at radius 3 is 2.53 bits per heavy atom. The van der Waals surface area contributed by atoms with Gasteiger partial charge in [-0.2, -0.15) is 17.6 Å². The Hall–Kier alpha value is -3.72. The maximum Gasteiger partial charge on any atom is 0.461 e. The molecule has 2 N–H and O–H groups in total. The molecule has 2 atom stereocenters. The first-order chi connectivity index (χ1) is 18.1. The fraction of sp³-hybridized carbons (Fsp3) is 0.276. The first-order valence-corrected chi connectivity index (χ1v) is 12.1. The lowest BCUT2D eigenvalue weighted by atomic mass is 9.94. The van der Waals surface area contributed by atoms with Crippen molar-refractivity contribution in [2.45, 2.75) is 50.4 Å². The van der Waals surface area contributed by atoms with Gasteiger partial charge in [-0.25, -0.2) is 4.39 Å². The second kappa shape index (κ2) is 11.8. The van der Waals surface area contributed by atoms with Gasteiger partial charge in [0.1, 0.15) is 11.6 Å². The molecule has 1 aliphatic carbocycles. The van der Waals surface area contributed by atoms with E-state index in [0.29, 0.717) is 16.7 Å². The third-order valence-corrected chi connectivity index (χ3v) is 6.31. The van der Waals surface area contributed by atoms with E-state index in [1.54, 1.807) is 12.1 Å². The van der Waals surface area contributed by atoms with Crippen molar-refractivity contribution >= 4 is 12.0 Å². The number of ether oxygens (including phenoxy) is 1. The number of alkyl halides is 4. The molecule has 1 aliphatic rings. The first-order valence-electron chi connectivity index (χ1n) is 12.1. The maximum absolute atomic E-state index is 13.5. The molecule has 9 heteroatoms. The minimum absolute atomic E-state index is 0.0629. The van der Waals surface area contributed by atoms with Crippen molar-refractivity contribution in [3.8, 4) is 5.75 Å². The molecule has 0 aromatic heterocycles. The van der Waals surface area contributed by atoms with Crippen molar-refractivity contribution in [1.82, 2.24) is 5.32 Å². The van der Waals surface area contributed by atoms with Crippen LogP contribution in [0.2, 0.25) is 0 Å². The van der Waals surface area contributed by atoms with E-state index in [9.17, 15) is 31.9 Å². The number of halogens is 5. The minimum Gasteiger partial charge on any atom is -0.428 e. The number of benzene rings is 3. The molecule has 3 aromatic carbocycles. The zero-order valence-corrected chi connectivity index (χ0v) is 20.2. The first kappa shape index (κ1) is 27.3. The number of aliphatic hydroxyl groups is 1. The highest BCUT2D eigenvalue weighted by atomic mass is 19.3. The van der Waals surface area contributed by atoms with Crippen LogP contribution >= 0.6 is 0 Å². The molecule has 4 rings (SSSR count). The summed E-state index contributed by atoms with van der Waals surface area (Å²) in [6.07, 6.45) is -3.54. The van der Waals surface area contributed by atoms with Crippen LogP contribution in [0.4, 0.5) is 22.0 Å². The van der Waals surface area contributed by atoms with Crippen molar-refractivity contribution in [1.29, 1.82) is 0 Å². The summed E-state index contributed by atoms with van der Waals surface area (Å²) in [6.45, 7) is 0. The normalized spacial score (nSPS) is 14.9. The molecular formula is C29H26F5NO3. The van der Waals surface area contributed by atoms with Crippen LogP contribution in [-0.2, 0) is 12.8 Å². The summed E-state index contributed by atoms with van der Waals surface area (Å²) < 4.78 is 69.7. The summed E-state index contributed by atoms with van der Waals surface area (Å²) in [6, 6.07) is 14.6. The van der Waals surface area contributed by atoms with Crippen LogP contribution in [0.5, 0.6) is 5.75 Å². The number of rotatable bonds is 9. The van der Waals surface area contributed by atoms with Gasteiger partial charge in [0, 0.05) is 5.56 Å². The second-order valence-electron chi connectivity index (χ2n) is 9.07.